The van der Waals surface area contributed by atoms with Gasteiger partial charge in [-0.3, -0.25) is 4.79 Å². The summed E-state index contributed by atoms with van der Waals surface area (Å²) >= 11 is 3.44. The van der Waals surface area contributed by atoms with E-state index in [4.69, 9.17) is 27.8 Å². The zero-order chi connectivity index (χ0) is 45.1. The van der Waals surface area contributed by atoms with E-state index in [1.807, 2.05) is 72.8 Å². The highest BCUT2D eigenvalue weighted by molar-refractivity contribution is 9.10. The van der Waals surface area contributed by atoms with Crippen LogP contribution in [0.5, 0.6) is 11.8 Å². The predicted molar refractivity (Wildman–Crippen MR) is 251 cm³/mol. The number of hydrogen-bond acceptors (Lipinski definition) is 10. The topological polar surface area (TPSA) is 118 Å². The second-order valence-electron chi connectivity index (χ2n) is 19.1. The lowest BCUT2D eigenvalue weighted by Gasteiger charge is -2.44. The van der Waals surface area contributed by atoms with Crippen LogP contribution in [-0.4, -0.2) is 63.9 Å². The second-order valence-corrected chi connectivity index (χ2v) is 29.5. The van der Waals surface area contributed by atoms with E-state index < -0.39 is 22.2 Å². The van der Waals surface area contributed by atoms with Crippen molar-refractivity contribution in [2.75, 3.05) is 14.2 Å². The number of rotatable bonds is 15. The molecule has 2 saturated carbocycles. The summed E-state index contributed by atoms with van der Waals surface area (Å²) in [6, 6.07) is 24.1. The molecule has 2 aliphatic carbocycles. The number of carbonyl (C=O) groups is 1. The van der Waals surface area contributed by atoms with Gasteiger partial charge in [-0.25, -0.2) is 9.97 Å². The van der Waals surface area contributed by atoms with Crippen molar-refractivity contribution in [3.63, 3.8) is 0 Å². The van der Waals surface area contributed by atoms with Crippen LogP contribution in [0.3, 0.4) is 0 Å². The van der Waals surface area contributed by atoms with Crippen molar-refractivity contribution in [3.05, 3.63) is 117 Å². The zero-order valence-electron chi connectivity index (χ0n) is 38.5. The van der Waals surface area contributed by atoms with Crippen LogP contribution in [0.1, 0.15) is 95.0 Å². The summed E-state index contributed by atoms with van der Waals surface area (Å²) in [6.07, 6.45) is 6.05. The fourth-order valence-electron chi connectivity index (χ4n) is 5.90. The molecule has 0 saturated heterocycles. The molecular formula is C48H69BrN2O8Si2. The molecular weight excluding hydrogens is 869 g/mol. The van der Waals surface area contributed by atoms with E-state index in [0.29, 0.717) is 69.7 Å². The van der Waals surface area contributed by atoms with E-state index in [2.05, 4.69) is 93.6 Å². The standard InChI is InChI=1S/C24H35NO4Si.C13H22BrNO2Si.C11H12O2/c1-23(2,3)30(5,6)29-17-19-12-21(22(27-4)25-15-19)24(26)13-20(14-24)28-16-18-10-8-7-9-11-18;1-13(2,3)18(5,6)17-9-10-7-11(14)12(16-4)15-8-10;12-10-6-11(7-10)13-8-9-4-2-1-3-5-9/h7-12,15,20,26H,13-14,16-17H2,1-6H3;7-8H,9H2,1-6H3;1-5,11H,6-8H2. The van der Waals surface area contributed by atoms with Crippen molar-refractivity contribution in [1.29, 1.82) is 0 Å². The van der Waals surface area contributed by atoms with Crippen molar-refractivity contribution in [2.45, 2.75) is 148 Å². The van der Waals surface area contributed by atoms with Crippen LogP contribution in [0, 0.1) is 0 Å². The Bertz CT molecular complexity index is 1970. The average molecular weight is 938 g/mol. The molecule has 2 heterocycles. The number of ether oxygens (including phenoxy) is 4. The smallest absolute Gasteiger partial charge is 0.227 e. The van der Waals surface area contributed by atoms with Crippen molar-refractivity contribution in [3.8, 4) is 11.8 Å². The third kappa shape index (κ3) is 14.9. The Kier molecular flexibility index (Phi) is 18.1. The predicted octanol–water partition coefficient (Wildman–Crippen LogP) is 11.5. The molecule has 61 heavy (non-hydrogen) atoms. The Balaban J connectivity index is 0.000000223. The Hall–Kier alpha value is -3.28. The van der Waals surface area contributed by atoms with Crippen LogP contribution in [0.25, 0.3) is 0 Å². The Morgan fingerprint density at radius 1 is 0.656 bits per heavy atom. The Morgan fingerprint density at radius 3 is 1.49 bits per heavy atom. The molecule has 13 heteroatoms. The van der Waals surface area contributed by atoms with Crippen molar-refractivity contribution < 1.29 is 37.7 Å². The van der Waals surface area contributed by atoms with E-state index in [9.17, 15) is 9.90 Å². The van der Waals surface area contributed by atoms with Gasteiger partial charge in [0.1, 0.15) is 5.78 Å². The van der Waals surface area contributed by atoms with Gasteiger partial charge < -0.3 is 32.9 Å². The summed E-state index contributed by atoms with van der Waals surface area (Å²) in [6.45, 7) is 24.6. The van der Waals surface area contributed by atoms with Crippen molar-refractivity contribution in [2.24, 2.45) is 0 Å². The van der Waals surface area contributed by atoms with Gasteiger partial charge in [-0.1, -0.05) is 102 Å². The minimum Gasteiger partial charge on any atom is -0.481 e. The van der Waals surface area contributed by atoms with Crippen LogP contribution >= 0.6 is 15.9 Å². The number of nitrogens with zero attached hydrogens (tertiary/aromatic N) is 2. The van der Waals surface area contributed by atoms with Gasteiger partial charge in [0, 0.05) is 43.6 Å². The fraction of sp³-hybridized carbons (Fsp3) is 0.521. The number of carbonyl (C=O) groups excluding carboxylic acids is 1. The number of ketones is 1. The fourth-order valence-corrected chi connectivity index (χ4v) is 8.38. The molecule has 6 rings (SSSR count). The molecule has 2 aromatic carbocycles. The number of benzene rings is 2. The highest BCUT2D eigenvalue weighted by Gasteiger charge is 2.47. The lowest BCUT2D eigenvalue weighted by atomic mass is 9.72. The SMILES string of the molecule is COc1ncc(CO[Si](C)(C)C(C)(C)C)cc1Br.COc1ncc(CO[Si](C)(C)C(C)(C)C)cc1C1(O)CC(OCc2ccccc2)C1.O=C1CC(OCc2ccccc2)C1. The number of pyridine rings is 2. The molecule has 0 unspecified atom stereocenters. The molecule has 0 bridgehead atoms. The first-order valence-corrected chi connectivity index (χ1v) is 27.7. The number of aromatic nitrogens is 2. The maximum atomic E-state index is 11.2. The second kappa shape index (κ2) is 21.9. The quantitative estimate of drug-likeness (QED) is 0.115. The van der Waals surface area contributed by atoms with E-state index >= 15 is 0 Å². The van der Waals surface area contributed by atoms with Gasteiger partial charge in [-0.2, -0.15) is 0 Å². The first-order valence-electron chi connectivity index (χ1n) is 21.1. The monoisotopic (exact) mass is 936 g/mol. The third-order valence-electron chi connectivity index (χ3n) is 12.2. The molecule has 0 atom stereocenters. The minimum absolute atomic E-state index is 0.0204. The van der Waals surface area contributed by atoms with Gasteiger partial charge in [0.05, 0.1) is 62.9 Å². The van der Waals surface area contributed by atoms with E-state index in [0.717, 1.165) is 26.7 Å². The molecule has 0 radical (unpaired) electrons. The van der Waals surface area contributed by atoms with Crippen LogP contribution in [0.15, 0.2) is 89.7 Å². The number of halogens is 1. The van der Waals surface area contributed by atoms with Crippen LogP contribution in [0.4, 0.5) is 0 Å². The Morgan fingerprint density at radius 2 is 1.08 bits per heavy atom. The van der Waals surface area contributed by atoms with E-state index in [-0.39, 0.29) is 22.3 Å². The molecule has 0 amide bonds. The summed E-state index contributed by atoms with van der Waals surface area (Å²) < 4.78 is 35.4. The molecule has 2 aliphatic rings. The number of methoxy groups -OCH3 is 2. The summed E-state index contributed by atoms with van der Waals surface area (Å²) in [5.41, 5.74) is 4.07. The Labute approximate surface area is 375 Å². The summed E-state index contributed by atoms with van der Waals surface area (Å²) in [4.78, 5) is 19.3. The van der Waals surface area contributed by atoms with Gasteiger partial charge in [-0.05, 0) is 86.6 Å². The van der Waals surface area contributed by atoms with E-state index in [1.165, 1.54) is 5.56 Å². The van der Waals surface area contributed by atoms with Gasteiger partial charge >= 0.3 is 0 Å². The van der Waals surface area contributed by atoms with Crippen molar-refractivity contribution in [1.82, 2.24) is 9.97 Å². The van der Waals surface area contributed by atoms with Gasteiger partial charge in [0.2, 0.25) is 11.8 Å². The first-order chi connectivity index (χ1) is 28.6. The minimum atomic E-state index is -1.86. The number of Topliss-reactive ketones (excluding diaryl/α,β-unsaturated/α-hetero) is 1. The normalized spacial score (nSPS) is 18.1. The summed E-state index contributed by atoms with van der Waals surface area (Å²) in [5.74, 6) is 1.39. The summed E-state index contributed by atoms with van der Waals surface area (Å²) in [5, 5.41) is 11.6. The molecule has 1 N–H and O–H groups in total. The van der Waals surface area contributed by atoms with Gasteiger partial charge in [0.15, 0.2) is 16.6 Å². The summed E-state index contributed by atoms with van der Waals surface area (Å²) in [7, 11) is -0.368. The highest BCUT2D eigenvalue weighted by Crippen LogP contribution is 2.46. The third-order valence-corrected chi connectivity index (χ3v) is 21.7. The molecule has 4 aromatic rings. The lowest BCUT2D eigenvalue weighted by molar-refractivity contribution is -0.150. The highest BCUT2D eigenvalue weighted by atomic mass is 79.9. The largest absolute Gasteiger partial charge is 0.481 e. The lowest BCUT2D eigenvalue weighted by Crippen LogP contribution is -2.46. The zero-order valence-corrected chi connectivity index (χ0v) is 42.1. The van der Waals surface area contributed by atoms with Gasteiger partial charge in [0.25, 0.3) is 0 Å². The molecule has 2 fully saturated rings. The molecule has 10 nitrogen and oxygen atoms in total. The van der Waals surface area contributed by atoms with Crippen molar-refractivity contribution >= 4 is 38.3 Å². The molecule has 334 valence electrons. The number of hydrogen-bond donors (Lipinski definition) is 1. The molecule has 0 spiro atoms. The van der Waals surface area contributed by atoms with Crippen LogP contribution in [0.2, 0.25) is 36.3 Å². The van der Waals surface area contributed by atoms with Gasteiger partial charge in [-0.15, -0.1) is 0 Å². The maximum Gasteiger partial charge on any atom is 0.227 e. The number of aliphatic hydroxyl groups is 1. The maximum absolute atomic E-state index is 11.2. The average Bonchev–Trinajstić information content (AvgIpc) is 3.19. The molecule has 0 aliphatic heterocycles. The van der Waals surface area contributed by atoms with Crippen LogP contribution < -0.4 is 9.47 Å². The van der Waals surface area contributed by atoms with Crippen LogP contribution in [-0.2, 0) is 55.1 Å². The first kappa shape index (κ1) is 50.4. The molecule has 2 aromatic heterocycles. The van der Waals surface area contributed by atoms with E-state index in [1.54, 1.807) is 26.6 Å².